The summed E-state index contributed by atoms with van der Waals surface area (Å²) in [5, 5.41) is 4.79. The molecule has 132 valence electrons. The Morgan fingerprint density at radius 1 is 1.24 bits per heavy atom. The lowest BCUT2D eigenvalue weighted by Crippen LogP contribution is -2.43. The molecule has 0 radical (unpaired) electrons. The lowest BCUT2D eigenvalue weighted by molar-refractivity contribution is -0.168. The minimum absolute atomic E-state index is 0.0180. The molecule has 7 nitrogen and oxygen atoms in total. The summed E-state index contributed by atoms with van der Waals surface area (Å²) < 4.78 is 10.1. The van der Waals surface area contributed by atoms with Gasteiger partial charge in [-0.25, -0.2) is 9.59 Å². The Hall–Kier alpha value is -2.83. The minimum atomic E-state index is -1.36. The van der Waals surface area contributed by atoms with Gasteiger partial charge >= 0.3 is 11.9 Å². The molecule has 1 aromatic heterocycles. The van der Waals surface area contributed by atoms with Gasteiger partial charge < -0.3 is 19.3 Å². The monoisotopic (exact) mass is 344 g/mol. The number of nitrogens with zero attached hydrogens (tertiary/aromatic N) is 1. The zero-order chi connectivity index (χ0) is 17.9. The summed E-state index contributed by atoms with van der Waals surface area (Å²) in [6, 6.07) is 7.76. The van der Waals surface area contributed by atoms with Crippen LogP contribution in [0.3, 0.4) is 0 Å². The van der Waals surface area contributed by atoms with Crippen LogP contribution in [0, 0.1) is 0 Å². The molecule has 1 aliphatic heterocycles. The van der Waals surface area contributed by atoms with Gasteiger partial charge in [0.05, 0.1) is 19.6 Å². The molecular formula is C18H20N2O5. The Morgan fingerprint density at radius 3 is 2.76 bits per heavy atom. The van der Waals surface area contributed by atoms with Crippen molar-refractivity contribution in [3.63, 3.8) is 0 Å². The molecule has 1 N–H and O–H groups in total. The van der Waals surface area contributed by atoms with Gasteiger partial charge in [-0.05, 0) is 25.5 Å². The predicted octanol–water partition coefficient (Wildman–Crippen LogP) is 2.35. The van der Waals surface area contributed by atoms with Gasteiger partial charge in [0.25, 0.3) is 0 Å². The Kier molecular flexibility index (Phi) is 4.74. The molecule has 0 amide bonds. The highest BCUT2D eigenvalue weighted by molar-refractivity contribution is 6.37. The Labute approximate surface area is 144 Å². The summed E-state index contributed by atoms with van der Waals surface area (Å²) in [6.07, 6.45) is 2.09. The van der Waals surface area contributed by atoms with Gasteiger partial charge in [-0.3, -0.25) is 0 Å². The van der Waals surface area contributed by atoms with Gasteiger partial charge in [0, 0.05) is 23.5 Å². The highest BCUT2D eigenvalue weighted by atomic mass is 16.7. The van der Waals surface area contributed by atoms with Crippen LogP contribution in [-0.4, -0.2) is 41.4 Å². The molecule has 1 atom stereocenters. The first-order valence-corrected chi connectivity index (χ1v) is 8.24. The van der Waals surface area contributed by atoms with E-state index in [4.69, 9.17) is 14.3 Å². The summed E-state index contributed by atoms with van der Waals surface area (Å²) in [6.45, 7) is 3.87. The van der Waals surface area contributed by atoms with E-state index in [0.29, 0.717) is 0 Å². The maximum atomic E-state index is 12.6. The molecule has 3 rings (SSSR count). The van der Waals surface area contributed by atoms with E-state index in [1.807, 2.05) is 30.5 Å². The molecular weight excluding hydrogens is 324 g/mol. The van der Waals surface area contributed by atoms with Gasteiger partial charge in [-0.1, -0.05) is 23.4 Å². The molecule has 0 saturated heterocycles. The van der Waals surface area contributed by atoms with Gasteiger partial charge in [0.15, 0.2) is 5.71 Å². The fraction of sp³-hybridized carbons (Fsp3) is 0.389. The van der Waals surface area contributed by atoms with Gasteiger partial charge in [0.1, 0.15) is 0 Å². The quantitative estimate of drug-likeness (QED) is 0.813. The predicted molar refractivity (Wildman–Crippen MR) is 91.1 cm³/mol. The average Bonchev–Trinajstić information content (AvgIpc) is 3.22. The van der Waals surface area contributed by atoms with Crippen molar-refractivity contribution in [2.24, 2.45) is 5.16 Å². The van der Waals surface area contributed by atoms with Crippen molar-refractivity contribution >= 4 is 28.6 Å². The number of hydrogen-bond donors (Lipinski definition) is 1. The summed E-state index contributed by atoms with van der Waals surface area (Å²) in [4.78, 5) is 33.1. The first kappa shape index (κ1) is 17.0. The van der Waals surface area contributed by atoms with Crippen LogP contribution in [0.5, 0.6) is 0 Å². The number of fused-ring (bicyclic) bond motifs is 1. The average molecular weight is 344 g/mol. The molecule has 0 spiro atoms. The number of aromatic amines is 1. The van der Waals surface area contributed by atoms with Crippen molar-refractivity contribution in [1.82, 2.24) is 4.98 Å². The highest BCUT2D eigenvalue weighted by Gasteiger charge is 2.50. The van der Waals surface area contributed by atoms with E-state index in [1.165, 1.54) is 0 Å². The third-order valence-corrected chi connectivity index (χ3v) is 4.09. The molecule has 7 heteroatoms. The van der Waals surface area contributed by atoms with E-state index in [9.17, 15) is 9.59 Å². The van der Waals surface area contributed by atoms with E-state index in [1.54, 1.807) is 13.8 Å². The van der Waals surface area contributed by atoms with Crippen LogP contribution in [0.1, 0.15) is 25.8 Å². The fourth-order valence-corrected chi connectivity index (χ4v) is 2.93. The van der Waals surface area contributed by atoms with Crippen molar-refractivity contribution in [1.29, 1.82) is 0 Å². The molecule has 25 heavy (non-hydrogen) atoms. The van der Waals surface area contributed by atoms with Crippen LogP contribution in [0.4, 0.5) is 0 Å². The molecule has 0 saturated carbocycles. The zero-order valence-electron chi connectivity index (χ0n) is 14.2. The Balaban J connectivity index is 1.89. The van der Waals surface area contributed by atoms with Crippen molar-refractivity contribution in [2.45, 2.75) is 32.3 Å². The van der Waals surface area contributed by atoms with Crippen LogP contribution in [0.2, 0.25) is 0 Å². The number of benzene rings is 1. The van der Waals surface area contributed by atoms with E-state index in [0.717, 1.165) is 16.5 Å². The lowest BCUT2D eigenvalue weighted by Gasteiger charge is -2.23. The van der Waals surface area contributed by atoms with Crippen LogP contribution >= 0.6 is 0 Å². The first-order chi connectivity index (χ1) is 12.1. The number of aromatic nitrogens is 1. The number of ether oxygens (including phenoxy) is 2. The smallest absolute Gasteiger partial charge is 0.356 e. The van der Waals surface area contributed by atoms with E-state index in [2.05, 4.69) is 10.1 Å². The molecule has 1 aromatic carbocycles. The van der Waals surface area contributed by atoms with Crippen LogP contribution in [-0.2, 0) is 30.3 Å². The van der Waals surface area contributed by atoms with Crippen molar-refractivity contribution < 1.29 is 23.9 Å². The van der Waals surface area contributed by atoms with Crippen molar-refractivity contribution in [3.8, 4) is 0 Å². The molecule has 0 unspecified atom stereocenters. The van der Waals surface area contributed by atoms with Crippen LogP contribution < -0.4 is 0 Å². The number of carbonyl (C=O) groups excluding carboxylic acids is 2. The lowest BCUT2D eigenvalue weighted by atomic mass is 9.89. The number of esters is 2. The molecule has 0 fully saturated rings. The third kappa shape index (κ3) is 3.22. The van der Waals surface area contributed by atoms with E-state index < -0.39 is 17.5 Å². The minimum Gasteiger partial charge on any atom is -0.463 e. The number of H-pyrrole nitrogens is 1. The number of para-hydroxylation sites is 1. The maximum absolute atomic E-state index is 12.6. The summed E-state index contributed by atoms with van der Waals surface area (Å²) in [5.41, 5.74) is 0.586. The van der Waals surface area contributed by atoms with E-state index in [-0.39, 0.29) is 31.8 Å². The summed E-state index contributed by atoms with van der Waals surface area (Å²) in [7, 11) is 0. The zero-order valence-corrected chi connectivity index (χ0v) is 14.2. The number of nitrogens with one attached hydrogen (secondary N) is 1. The number of carbonyl (C=O) groups is 2. The van der Waals surface area contributed by atoms with Crippen LogP contribution in [0.25, 0.3) is 10.9 Å². The van der Waals surface area contributed by atoms with Crippen molar-refractivity contribution in [3.05, 3.63) is 36.0 Å². The second kappa shape index (κ2) is 6.96. The topological polar surface area (TPSA) is 90.0 Å². The number of oxime groups is 1. The number of rotatable bonds is 6. The number of hydrogen-bond acceptors (Lipinski definition) is 6. The third-order valence-electron chi connectivity index (χ3n) is 4.09. The van der Waals surface area contributed by atoms with Gasteiger partial charge in [0.2, 0.25) is 5.60 Å². The van der Waals surface area contributed by atoms with Crippen molar-refractivity contribution in [2.75, 3.05) is 13.2 Å². The fourth-order valence-electron chi connectivity index (χ4n) is 2.93. The maximum Gasteiger partial charge on any atom is 0.356 e. The van der Waals surface area contributed by atoms with Crippen LogP contribution in [0.15, 0.2) is 35.6 Å². The SMILES string of the molecule is CCOC(=O)C1=NO[C@@](Cc2c[nH]c3ccccc23)(C(=O)OCC)C1. The molecule has 0 aliphatic carbocycles. The molecule has 2 heterocycles. The Morgan fingerprint density at radius 2 is 2.00 bits per heavy atom. The Bertz CT molecular complexity index is 826. The highest BCUT2D eigenvalue weighted by Crippen LogP contribution is 2.32. The summed E-state index contributed by atoms with van der Waals surface area (Å²) in [5.74, 6) is -1.11. The largest absolute Gasteiger partial charge is 0.463 e. The second-order valence-electron chi connectivity index (χ2n) is 5.78. The standard InChI is InChI=1S/C18H20N2O5/c1-3-23-16(21)15-10-18(25-20-15,17(22)24-4-2)9-12-11-19-14-8-6-5-7-13(12)14/h5-8,11,19H,3-4,9-10H2,1-2H3/t18-/m1/s1. The molecule has 0 bridgehead atoms. The normalized spacial score (nSPS) is 19.4. The molecule has 1 aliphatic rings. The first-order valence-electron chi connectivity index (χ1n) is 8.24. The van der Waals surface area contributed by atoms with Gasteiger partial charge in [-0.2, -0.15) is 0 Å². The van der Waals surface area contributed by atoms with Gasteiger partial charge in [-0.15, -0.1) is 0 Å². The van der Waals surface area contributed by atoms with E-state index >= 15 is 0 Å². The molecule has 2 aromatic rings. The second-order valence-corrected chi connectivity index (χ2v) is 5.78. The summed E-state index contributed by atoms with van der Waals surface area (Å²) >= 11 is 0.